The van der Waals surface area contributed by atoms with Crippen LogP contribution in [-0.2, 0) is 0 Å². The van der Waals surface area contributed by atoms with E-state index in [0.717, 1.165) is 37.6 Å². The molecule has 144 valence electrons. The molecule has 1 saturated heterocycles. The first kappa shape index (κ1) is 18.3. The summed E-state index contributed by atoms with van der Waals surface area (Å²) in [6, 6.07) is 16.4. The summed E-state index contributed by atoms with van der Waals surface area (Å²) in [4.78, 5) is 17.4. The maximum absolute atomic E-state index is 13.1. The highest BCUT2D eigenvalue weighted by Crippen LogP contribution is 2.24. The molecule has 0 saturated carbocycles. The van der Waals surface area contributed by atoms with Crippen molar-refractivity contribution in [2.75, 3.05) is 31.1 Å². The van der Waals surface area contributed by atoms with Crippen molar-refractivity contribution in [1.82, 2.24) is 14.7 Å². The zero-order chi connectivity index (χ0) is 19.7. The van der Waals surface area contributed by atoms with Crippen molar-refractivity contribution < 1.29 is 4.79 Å². The average Bonchev–Trinajstić information content (AvgIpc) is 3.11. The van der Waals surface area contributed by atoms with Gasteiger partial charge in [-0.05, 0) is 50.1 Å². The smallest absolute Gasteiger partial charge is 0.257 e. The molecule has 28 heavy (non-hydrogen) atoms. The summed E-state index contributed by atoms with van der Waals surface area (Å²) in [5.74, 6) is 0.0697. The van der Waals surface area contributed by atoms with E-state index < -0.39 is 0 Å². The number of amides is 1. The van der Waals surface area contributed by atoms with Crippen LogP contribution in [0.5, 0.6) is 0 Å². The number of benzene rings is 2. The van der Waals surface area contributed by atoms with Crippen molar-refractivity contribution in [3.63, 3.8) is 0 Å². The van der Waals surface area contributed by atoms with Gasteiger partial charge in [0.05, 0.1) is 23.1 Å². The number of carbonyl (C=O) groups excluding carboxylic acids is 1. The molecule has 1 fully saturated rings. The Morgan fingerprint density at radius 2 is 1.61 bits per heavy atom. The third kappa shape index (κ3) is 3.28. The Balaban J connectivity index is 1.48. The monoisotopic (exact) mass is 374 g/mol. The number of para-hydroxylation sites is 1. The van der Waals surface area contributed by atoms with Gasteiger partial charge >= 0.3 is 0 Å². The second-order valence-electron chi connectivity index (χ2n) is 7.39. The predicted octanol–water partition coefficient (Wildman–Crippen LogP) is 3.76. The molecule has 0 radical (unpaired) electrons. The summed E-state index contributed by atoms with van der Waals surface area (Å²) in [6.07, 6.45) is 1.70. The van der Waals surface area contributed by atoms with Crippen molar-refractivity contribution >= 4 is 11.6 Å². The maximum Gasteiger partial charge on any atom is 0.257 e. The molecule has 0 bridgehead atoms. The van der Waals surface area contributed by atoms with E-state index in [2.05, 4.69) is 42.0 Å². The lowest BCUT2D eigenvalue weighted by Gasteiger charge is -2.37. The van der Waals surface area contributed by atoms with Crippen LogP contribution in [0.25, 0.3) is 5.69 Å². The molecule has 1 aromatic heterocycles. The van der Waals surface area contributed by atoms with Crippen LogP contribution in [0, 0.1) is 20.8 Å². The maximum atomic E-state index is 13.1. The van der Waals surface area contributed by atoms with Gasteiger partial charge in [-0.1, -0.05) is 30.3 Å². The van der Waals surface area contributed by atoms with Gasteiger partial charge in [0, 0.05) is 31.9 Å². The van der Waals surface area contributed by atoms with E-state index in [1.807, 2.05) is 46.8 Å². The van der Waals surface area contributed by atoms with Gasteiger partial charge in [-0.2, -0.15) is 5.10 Å². The van der Waals surface area contributed by atoms with Crippen LogP contribution >= 0.6 is 0 Å². The fraction of sp³-hybridized carbons (Fsp3) is 0.304. The molecule has 5 heteroatoms. The van der Waals surface area contributed by atoms with Crippen LogP contribution in [0.2, 0.25) is 0 Å². The third-order valence-electron chi connectivity index (χ3n) is 5.72. The largest absolute Gasteiger partial charge is 0.368 e. The molecule has 1 aliphatic heterocycles. The molecule has 0 spiro atoms. The van der Waals surface area contributed by atoms with Gasteiger partial charge in [-0.3, -0.25) is 4.79 Å². The third-order valence-corrected chi connectivity index (χ3v) is 5.72. The van der Waals surface area contributed by atoms with Crippen LogP contribution in [0.4, 0.5) is 5.69 Å². The minimum absolute atomic E-state index is 0.0697. The quantitative estimate of drug-likeness (QED) is 0.701. The molecule has 2 heterocycles. The number of nitrogens with zero attached hydrogens (tertiary/aromatic N) is 4. The van der Waals surface area contributed by atoms with E-state index in [4.69, 9.17) is 0 Å². The molecule has 0 N–H and O–H groups in total. The highest BCUT2D eigenvalue weighted by Gasteiger charge is 2.25. The van der Waals surface area contributed by atoms with E-state index in [1.165, 1.54) is 16.8 Å². The number of aromatic nitrogens is 2. The summed E-state index contributed by atoms with van der Waals surface area (Å²) in [6.45, 7) is 9.42. The Morgan fingerprint density at radius 3 is 2.32 bits per heavy atom. The molecule has 1 aliphatic rings. The highest BCUT2D eigenvalue weighted by molar-refractivity contribution is 5.95. The van der Waals surface area contributed by atoms with Crippen LogP contribution in [0.15, 0.2) is 54.7 Å². The molecule has 0 atom stereocenters. The Labute approximate surface area is 166 Å². The number of aryl methyl sites for hydroxylation is 1. The molecule has 5 nitrogen and oxygen atoms in total. The van der Waals surface area contributed by atoms with Gasteiger partial charge in [-0.25, -0.2) is 4.68 Å². The summed E-state index contributed by atoms with van der Waals surface area (Å²) in [5.41, 5.74) is 6.44. The van der Waals surface area contributed by atoms with Gasteiger partial charge in [0.25, 0.3) is 5.91 Å². The minimum atomic E-state index is 0.0697. The number of rotatable bonds is 3. The zero-order valence-corrected chi connectivity index (χ0v) is 16.7. The Morgan fingerprint density at radius 1 is 0.893 bits per heavy atom. The van der Waals surface area contributed by atoms with Gasteiger partial charge < -0.3 is 9.80 Å². The topological polar surface area (TPSA) is 41.4 Å². The molecular weight excluding hydrogens is 348 g/mol. The van der Waals surface area contributed by atoms with Gasteiger partial charge in [-0.15, -0.1) is 0 Å². The summed E-state index contributed by atoms with van der Waals surface area (Å²) in [5, 5.41) is 4.44. The lowest BCUT2D eigenvalue weighted by molar-refractivity contribution is 0.0746. The Hall–Kier alpha value is -3.08. The number of piperazine rings is 1. The molecular formula is C23H26N4O. The van der Waals surface area contributed by atoms with Crippen molar-refractivity contribution in [2.24, 2.45) is 0 Å². The Bertz CT molecular complexity index is 985. The molecule has 0 aliphatic carbocycles. The number of carbonyl (C=O) groups is 1. The summed E-state index contributed by atoms with van der Waals surface area (Å²) < 4.78 is 1.83. The van der Waals surface area contributed by atoms with E-state index in [0.29, 0.717) is 5.56 Å². The second-order valence-corrected chi connectivity index (χ2v) is 7.39. The first-order chi connectivity index (χ1) is 13.6. The van der Waals surface area contributed by atoms with Crippen LogP contribution in [0.1, 0.15) is 27.2 Å². The van der Waals surface area contributed by atoms with Gasteiger partial charge in [0.2, 0.25) is 0 Å². The normalized spacial score (nSPS) is 14.4. The van der Waals surface area contributed by atoms with Crippen LogP contribution in [-0.4, -0.2) is 46.8 Å². The molecule has 2 aromatic carbocycles. The van der Waals surface area contributed by atoms with Gasteiger partial charge in [0.1, 0.15) is 0 Å². The lowest BCUT2D eigenvalue weighted by Crippen LogP contribution is -2.49. The first-order valence-corrected chi connectivity index (χ1v) is 9.77. The number of hydrogen-bond donors (Lipinski definition) is 0. The Kier molecular flexibility index (Phi) is 4.90. The fourth-order valence-electron chi connectivity index (χ4n) is 3.85. The number of anilines is 1. The molecule has 0 unspecified atom stereocenters. The standard InChI is InChI=1S/C23H26N4O/c1-17-8-7-11-22(18(17)2)25-12-14-26(15-13-25)23(28)21-16-24-27(19(21)3)20-9-5-4-6-10-20/h4-11,16H,12-15H2,1-3H3. The van der Waals surface area contributed by atoms with E-state index >= 15 is 0 Å². The van der Waals surface area contributed by atoms with E-state index in [9.17, 15) is 4.79 Å². The fourth-order valence-corrected chi connectivity index (χ4v) is 3.85. The van der Waals surface area contributed by atoms with Crippen molar-refractivity contribution in [1.29, 1.82) is 0 Å². The predicted molar refractivity (Wildman–Crippen MR) is 112 cm³/mol. The van der Waals surface area contributed by atoms with Crippen molar-refractivity contribution in [3.8, 4) is 5.69 Å². The van der Waals surface area contributed by atoms with Crippen molar-refractivity contribution in [3.05, 3.63) is 77.1 Å². The minimum Gasteiger partial charge on any atom is -0.368 e. The zero-order valence-electron chi connectivity index (χ0n) is 16.7. The molecule has 3 aromatic rings. The summed E-state index contributed by atoms with van der Waals surface area (Å²) >= 11 is 0. The van der Waals surface area contributed by atoms with E-state index in [-0.39, 0.29) is 5.91 Å². The van der Waals surface area contributed by atoms with Crippen molar-refractivity contribution in [2.45, 2.75) is 20.8 Å². The lowest BCUT2D eigenvalue weighted by atomic mass is 10.1. The first-order valence-electron chi connectivity index (χ1n) is 9.77. The summed E-state index contributed by atoms with van der Waals surface area (Å²) in [7, 11) is 0. The van der Waals surface area contributed by atoms with Gasteiger partial charge in [0.15, 0.2) is 0 Å². The molecule has 1 amide bonds. The highest BCUT2D eigenvalue weighted by atomic mass is 16.2. The second kappa shape index (κ2) is 7.50. The molecule has 4 rings (SSSR count). The average molecular weight is 374 g/mol. The SMILES string of the molecule is Cc1cccc(N2CCN(C(=O)c3cnn(-c4ccccc4)c3C)CC2)c1C. The van der Waals surface area contributed by atoms with Crippen LogP contribution < -0.4 is 4.90 Å². The van der Waals surface area contributed by atoms with Crippen LogP contribution in [0.3, 0.4) is 0 Å². The van der Waals surface area contributed by atoms with E-state index in [1.54, 1.807) is 6.20 Å². The number of hydrogen-bond acceptors (Lipinski definition) is 3.